The smallest absolute Gasteiger partial charge is 0.315 e. The number of hydrogen-bond donors (Lipinski definition) is 2. The zero-order valence-corrected chi connectivity index (χ0v) is 11.1. The van der Waals surface area contributed by atoms with Gasteiger partial charge in [-0.2, -0.15) is 0 Å². The van der Waals surface area contributed by atoms with Gasteiger partial charge in [-0.05, 0) is 30.9 Å². The van der Waals surface area contributed by atoms with Crippen LogP contribution in [-0.4, -0.2) is 12.6 Å². The van der Waals surface area contributed by atoms with Crippen LogP contribution in [0, 0.1) is 12.8 Å². The van der Waals surface area contributed by atoms with E-state index in [9.17, 15) is 4.79 Å². The lowest BCUT2D eigenvalue weighted by Gasteiger charge is -2.17. The van der Waals surface area contributed by atoms with Crippen LogP contribution in [0.2, 0.25) is 0 Å². The van der Waals surface area contributed by atoms with Crippen molar-refractivity contribution in [2.75, 3.05) is 6.54 Å². The summed E-state index contributed by atoms with van der Waals surface area (Å²) in [5, 5.41) is 5.79. The monoisotopic (exact) mass is 234 g/mol. The average Bonchev–Trinajstić information content (AvgIpc) is 2.26. The second-order valence-corrected chi connectivity index (χ2v) is 4.83. The fraction of sp³-hybridized carbons (Fsp3) is 0.500. The van der Waals surface area contributed by atoms with Crippen LogP contribution < -0.4 is 10.6 Å². The number of carbonyl (C=O) groups is 1. The van der Waals surface area contributed by atoms with E-state index in [1.807, 2.05) is 25.1 Å². The standard InChI is InChI=1S/C14H22N2O/c1-10(2)9-15-14(17)16-12(4)13-8-6-5-7-11(13)3/h5-8,10,12H,9H2,1-4H3,(H2,15,16,17)/t12-/m1/s1. The fourth-order valence-corrected chi connectivity index (χ4v) is 1.69. The molecule has 0 fully saturated rings. The molecule has 0 spiro atoms. The Morgan fingerprint density at radius 2 is 1.88 bits per heavy atom. The van der Waals surface area contributed by atoms with Crippen molar-refractivity contribution in [1.82, 2.24) is 10.6 Å². The van der Waals surface area contributed by atoms with Gasteiger partial charge in [0.2, 0.25) is 0 Å². The molecule has 0 unspecified atom stereocenters. The first-order chi connectivity index (χ1) is 8.00. The van der Waals surface area contributed by atoms with Gasteiger partial charge in [0, 0.05) is 6.54 Å². The molecule has 0 aliphatic rings. The van der Waals surface area contributed by atoms with Crippen LogP contribution in [0.4, 0.5) is 4.79 Å². The molecule has 0 saturated heterocycles. The summed E-state index contributed by atoms with van der Waals surface area (Å²) in [7, 11) is 0. The Bertz CT molecular complexity index is 374. The quantitative estimate of drug-likeness (QED) is 0.826. The predicted octanol–water partition coefficient (Wildman–Crippen LogP) is 3.01. The predicted molar refractivity (Wildman–Crippen MR) is 71.0 cm³/mol. The molecule has 2 N–H and O–H groups in total. The maximum Gasteiger partial charge on any atom is 0.315 e. The molecule has 3 nitrogen and oxygen atoms in total. The van der Waals surface area contributed by atoms with Gasteiger partial charge in [-0.3, -0.25) is 0 Å². The molecule has 94 valence electrons. The number of rotatable bonds is 4. The summed E-state index contributed by atoms with van der Waals surface area (Å²) in [4.78, 5) is 11.6. The molecule has 1 atom stereocenters. The number of amides is 2. The summed E-state index contributed by atoms with van der Waals surface area (Å²) in [6.07, 6.45) is 0. The normalized spacial score (nSPS) is 12.3. The van der Waals surface area contributed by atoms with Gasteiger partial charge < -0.3 is 10.6 Å². The van der Waals surface area contributed by atoms with Crippen molar-refractivity contribution in [3.8, 4) is 0 Å². The lowest BCUT2D eigenvalue weighted by atomic mass is 10.0. The molecule has 1 aromatic carbocycles. The minimum atomic E-state index is -0.102. The van der Waals surface area contributed by atoms with Crippen LogP contribution in [0.1, 0.15) is 37.9 Å². The number of benzene rings is 1. The molecule has 17 heavy (non-hydrogen) atoms. The summed E-state index contributed by atoms with van der Waals surface area (Å²) in [6.45, 7) is 8.90. The lowest BCUT2D eigenvalue weighted by Crippen LogP contribution is -2.38. The highest BCUT2D eigenvalue weighted by Gasteiger charge is 2.10. The molecule has 0 heterocycles. The van der Waals surface area contributed by atoms with Gasteiger partial charge >= 0.3 is 6.03 Å². The maximum atomic E-state index is 11.6. The second kappa shape index (κ2) is 6.28. The van der Waals surface area contributed by atoms with Gasteiger partial charge in [0.05, 0.1) is 6.04 Å². The summed E-state index contributed by atoms with van der Waals surface area (Å²) in [6, 6.07) is 8.02. The third kappa shape index (κ3) is 4.47. The fourth-order valence-electron chi connectivity index (χ4n) is 1.69. The largest absolute Gasteiger partial charge is 0.338 e. The van der Waals surface area contributed by atoms with E-state index in [2.05, 4.69) is 37.5 Å². The van der Waals surface area contributed by atoms with Crippen molar-refractivity contribution in [3.63, 3.8) is 0 Å². The molecule has 3 heteroatoms. The molecular formula is C14H22N2O. The number of nitrogens with one attached hydrogen (secondary N) is 2. The van der Waals surface area contributed by atoms with Crippen molar-refractivity contribution in [2.45, 2.75) is 33.7 Å². The maximum absolute atomic E-state index is 11.6. The molecule has 1 rings (SSSR count). The summed E-state index contributed by atoms with van der Waals surface area (Å²) < 4.78 is 0. The van der Waals surface area contributed by atoms with Crippen LogP contribution in [0.25, 0.3) is 0 Å². The molecule has 0 bridgehead atoms. The number of urea groups is 1. The van der Waals surface area contributed by atoms with Gasteiger partial charge in [0.15, 0.2) is 0 Å². The first-order valence-electron chi connectivity index (χ1n) is 6.10. The first-order valence-corrected chi connectivity index (χ1v) is 6.10. The van der Waals surface area contributed by atoms with Crippen LogP contribution in [0.3, 0.4) is 0 Å². The summed E-state index contributed by atoms with van der Waals surface area (Å²) >= 11 is 0. The molecule has 0 aliphatic heterocycles. The van der Waals surface area contributed by atoms with E-state index in [0.717, 1.165) is 5.56 Å². The van der Waals surface area contributed by atoms with Crippen molar-refractivity contribution in [2.24, 2.45) is 5.92 Å². The van der Waals surface area contributed by atoms with Gasteiger partial charge in [-0.15, -0.1) is 0 Å². The van der Waals surface area contributed by atoms with E-state index in [1.165, 1.54) is 5.56 Å². The summed E-state index contributed by atoms with van der Waals surface area (Å²) in [5.41, 5.74) is 2.36. The Morgan fingerprint density at radius 1 is 1.24 bits per heavy atom. The van der Waals surface area contributed by atoms with Gasteiger partial charge in [-0.25, -0.2) is 4.79 Å². The Hall–Kier alpha value is -1.51. The Kier molecular flexibility index (Phi) is 5.01. The Balaban J connectivity index is 2.52. The molecule has 0 aromatic heterocycles. The molecule has 2 amide bonds. The van der Waals surface area contributed by atoms with Gasteiger partial charge in [0.25, 0.3) is 0 Å². The zero-order chi connectivity index (χ0) is 12.8. The highest BCUT2D eigenvalue weighted by atomic mass is 16.2. The highest BCUT2D eigenvalue weighted by Crippen LogP contribution is 2.16. The highest BCUT2D eigenvalue weighted by molar-refractivity contribution is 5.74. The van der Waals surface area contributed by atoms with Crippen LogP contribution in [0.15, 0.2) is 24.3 Å². The molecule has 1 aromatic rings. The average molecular weight is 234 g/mol. The number of hydrogen-bond acceptors (Lipinski definition) is 1. The van der Waals surface area contributed by atoms with E-state index in [4.69, 9.17) is 0 Å². The lowest BCUT2D eigenvalue weighted by molar-refractivity contribution is 0.236. The molecule has 0 radical (unpaired) electrons. The van der Waals surface area contributed by atoms with Crippen molar-refractivity contribution in [3.05, 3.63) is 35.4 Å². The minimum Gasteiger partial charge on any atom is -0.338 e. The van der Waals surface area contributed by atoms with Crippen LogP contribution in [-0.2, 0) is 0 Å². The first kappa shape index (κ1) is 13.6. The van der Waals surface area contributed by atoms with E-state index in [0.29, 0.717) is 12.5 Å². The molecule has 0 aliphatic carbocycles. The second-order valence-electron chi connectivity index (χ2n) is 4.83. The van der Waals surface area contributed by atoms with E-state index < -0.39 is 0 Å². The van der Waals surface area contributed by atoms with Gasteiger partial charge in [-0.1, -0.05) is 38.1 Å². The number of carbonyl (C=O) groups excluding carboxylic acids is 1. The van der Waals surface area contributed by atoms with E-state index in [1.54, 1.807) is 0 Å². The topological polar surface area (TPSA) is 41.1 Å². The van der Waals surface area contributed by atoms with Crippen molar-refractivity contribution in [1.29, 1.82) is 0 Å². The SMILES string of the molecule is Cc1ccccc1[C@@H](C)NC(=O)NCC(C)C. The van der Waals surface area contributed by atoms with Crippen LogP contribution in [0.5, 0.6) is 0 Å². The van der Waals surface area contributed by atoms with Gasteiger partial charge in [0.1, 0.15) is 0 Å². The minimum absolute atomic E-state index is 0.0309. The van der Waals surface area contributed by atoms with E-state index in [-0.39, 0.29) is 12.1 Å². The Morgan fingerprint density at radius 3 is 2.47 bits per heavy atom. The molecule has 0 saturated carbocycles. The van der Waals surface area contributed by atoms with Crippen molar-refractivity contribution >= 4 is 6.03 Å². The third-order valence-corrected chi connectivity index (χ3v) is 2.67. The third-order valence-electron chi connectivity index (χ3n) is 2.67. The summed E-state index contributed by atoms with van der Waals surface area (Å²) in [5.74, 6) is 0.467. The number of aryl methyl sites for hydroxylation is 1. The van der Waals surface area contributed by atoms with Crippen LogP contribution >= 0.6 is 0 Å². The Labute approximate surface area is 104 Å². The zero-order valence-electron chi connectivity index (χ0n) is 11.1. The van der Waals surface area contributed by atoms with Crippen molar-refractivity contribution < 1.29 is 4.79 Å². The van der Waals surface area contributed by atoms with E-state index >= 15 is 0 Å². The molecular weight excluding hydrogens is 212 g/mol.